The van der Waals surface area contributed by atoms with Crippen LogP contribution in [0.15, 0.2) is 42.5 Å². The fourth-order valence-electron chi connectivity index (χ4n) is 3.27. The minimum Gasteiger partial charge on any atom is -0.355 e. The first kappa shape index (κ1) is 26.9. The van der Waals surface area contributed by atoms with Gasteiger partial charge in [-0.05, 0) is 49.2 Å². The van der Waals surface area contributed by atoms with Gasteiger partial charge in [0.1, 0.15) is 18.4 Å². The van der Waals surface area contributed by atoms with E-state index in [1.807, 2.05) is 0 Å². The highest BCUT2D eigenvalue weighted by Gasteiger charge is 2.32. The molecule has 7 nitrogen and oxygen atoms in total. The molecule has 0 aliphatic heterocycles. The Morgan fingerprint density at radius 1 is 1.09 bits per heavy atom. The standard InChI is InChI=1S/C22H26Cl2FN3O4S/c1-4-19(22(30)26-5-2)27(13-15-6-9-17(25)10-7-15)21(29)14-28(33(3,31)32)20-12-16(23)8-11-18(20)24/h6-12,19H,4-5,13-14H2,1-3H3,(H,26,30)/t19-/m1/s1. The molecule has 2 amide bonds. The van der Waals surface area contributed by atoms with Gasteiger partial charge in [0.15, 0.2) is 0 Å². The zero-order valence-corrected chi connectivity index (χ0v) is 20.8. The molecule has 0 heterocycles. The zero-order chi connectivity index (χ0) is 24.8. The molecule has 2 aromatic carbocycles. The molecule has 0 saturated heterocycles. The highest BCUT2D eigenvalue weighted by atomic mass is 35.5. The molecule has 0 aliphatic carbocycles. The fraction of sp³-hybridized carbons (Fsp3) is 0.364. The lowest BCUT2D eigenvalue weighted by Gasteiger charge is -2.33. The van der Waals surface area contributed by atoms with Crippen LogP contribution in [0, 0.1) is 5.82 Å². The summed E-state index contributed by atoms with van der Waals surface area (Å²) in [6.07, 6.45) is 1.23. The van der Waals surface area contributed by atoms with Gasteiger partial charge in [-0.15, -0.1) is 0 Å². The highest BCUT2D eigenvalue weighted by molar-refractivity contribution is 7.92. The minimum absolute atomic E-state index is 0.0182. The molecule has 2 aromatic rings. The van der Waals surface area contributed by atoms with Gasteiger partial charge >= 0.3 is 0 Å². The Labute approximate surface area is 203 Å². The lowest BCUT2D eigenvalue weighted by atomic mass is 10.1. The van der Waals surface area contributed by atoms with Gasteiger partial charge in [0.2, 0.25) is 21.8 Å². The summed E-state index contributed by atoms with van der Waals surface area (Å²) in [4.78, 5) is 27.4. The number of halogens is 3. The van der Waals surface area contributed by atoms with Crippen molar-refractivity contribution in [2.75, 3.05) is 23.7 Å². The summed E-state index contributed by atoms with van der Waals surface area (Å²) < 4.78 is 39.3. The number of sulfonamides is 1. The average molecular weight is 518 g/mol. The maximum Gasteiger partial charge on any atom is 0.244 e. The molecular formula is C22H26Cl2FN3O4S. The molecule has 0 aromatic heterocycles. The first-order chi connectivity index (χ1) is 15.5. The van der Waals surface area contributed by atoms with Crippen molar-refractivity contribution in [3.8, 4) is 0 Å². The summed E-state index contributed by atoms with van der Waals surface area (Å²) in [5, 5.41) is 3.03. The molecule has 0 radical (unpaired) electrons. The van der Waals surface area contributed by atoms with Crippen LogP contribution in [0.4, 0.5) is 10.1 Å². The quantitative estimate of drug-likeness (QED) is 0.518. The van der Waals surface area contributed by atoms with Gasteiger partial charge in [0.05, 0.1) is 17.0 Å². The van der Waals surface area contributed by atoms with Crippen molar-refractivity contribution in [2.45, 2.75) is 32.9 Å². The van der Waals surface area contributed by atoms with E-state index in [-0.39, 0.29) is 34.6 Å². The van der Waals surface area contributed by atoms with Crippen LogP contribution in [-0.4, -0.2) is 50.5 Å². The molecular weight excluding hydrogens is 492 g/mol. The van der Waals surface area contributed by atoms with E-state index in [1.165, 1.54) is 47.4 Å². The number of hydrogen-bond acceptors (Lipinski definition) is 4. The van der Waals surface area contributed by atoms with E-state index in [1.54, 1.807) is 13.8 Å². The number of carbonyl (C=O) groups excluding carboxylic acids is 2. The highest BCUT2D eigenvalue weighted by Crippen LogP contribution is 2.31. The Morgan fingerprint density at radius 2 is 1.73 bits per heavy atom. The molecule has 0 bridgehead atoms. The van der Waals surface area contributed by atoms with Crippen LogP contribution in [0.5, 0.6) is 0 Å². The molecule has 0 saturated carbocycles. The summed E-state index contributed by atoms with van der Waals surface area (Å²) >= 11 is 12.2. The SMILES string of the molecule is CCNC(=O)[C@@H](CC)N(Cc1ccc(F)cc1)C(=O)CN(c1cc(Cl)ccc1Cl)S(C)(=O)=O. The first-order valence-electron chi connectivity index (χ1n) is 10.2. The average Bonchev–Trinajstić information content (AvgIpc) is 2.74. The number of rotatable bonds is 10. The summed E-state index contributed by atoms with van der Waals surface area (Å²) in [6, 6.07) is 8.92. The zero-order valence-electron chi connectivity index (χ0n) is 18.5. The number of nitrogens with one attached hydrogen (secondary N) is 1. The van der Waals surface area contributed by atoms with E-state index >= 15 is 0 Å². The third-order valence-electron chi connectivity index (χ3n) is 4.86. The molecule has 0 aliphatic rings. The maximum absolute atomic E-state index is 13.4. The number of amides is 2. The van der Waals surface area contributed by atoms with Crippen molar-refractivity contribution in [3.05, 3.63) is 63.9 Å². The summed E-state index contributed by atoms with van der Waals surface area (Å²) in [5.74, 6) is -1.44. The molecule has 33 heavy (non-hydrogen) atoms. The molecule has 0 spiro atoms. The van der Waals surface area contributed by atoms with Crippen molar-refractivity contribution < 1.29 is 22.4 Å². The second-order valence-corrected chi connectivity index (χ2v) is 10.1. The molecule has 11 heteroatoms. The van der Waals surface area contributed by atoms with Gasteiger partial charge < -0.3 is 10.2 Å². The Morgan fingerprint density at radius 3 is 2.27 bits per heavy atom. The number of carbonyl (C=O) groups is 2. The predicted molar refractivity (Wildman–Crippen MR) is 128 cm³/mol. The second-order valence-electron chi connectivity index (χ2n) is 7.33. The number of likely N-dealkylation sites (N-methyl/N-ethyl adjacent to an activating group) is 1. The van der Waals surface area contributed by atoms with Crippen LogP contribution in [0.1, 0.15) is 25.8 Å². The Hall–Kier alpha value is -2.36. The topological polar surface area (TPSA) is 86.8 Å². The lowest BCUT2D eigenvalue weighted by Crippen LogP contribution is -2.52. The fourth-order valence-corrected chi connectivity index (χ4v) is 4.56. The monoisotopic (exact) mass is 517 g/mol. The molecule has 180 valence electrons. The van der Waals surface area contributed by atoms with E-state index < -0.39 is 34.3 Å². The Balaban J connectivity index is 2.46. The summed E-state index contributed by atoms with van der Waals surface area (Å²) in [7, 11) is -3.93. The van der Waals surface area contributed by atoms with E-state index in [0.717, 1.165) is 10.6 Å². The van der Waals surface area contributed by atoms with Crippen LogP contribution >= 0.6 is 23.2 Å². The van der Waals surface area contributed by atoms with E-state index in [9.17, 15) is 22.4 Å². The minimum atomic E-state index is -3.93. The van der Waals surface area contributed by atoms with Gasteiger partial charge in [-0.25, -0.2) is 12.8 Å². The molecule has 1 atom stereocenters. The number of anilines is 1. The van der Waals surface area contributed by atoms with Gasteiger partial charge in [0, 0.05) is 18.1 Å². The van der Waals surface area contributed by atoms with Crippen LogP contribution in [-0.2, 0) is 26.2 Å². The summed E-state index contributed by atoms with van der Waals surface area (Å²) in [6.45, 7) is 3.24. The molecule has 2 rings (SSSR count). The van der Waals surface area contributed by atoms with Crippen molar-refractivity contribution in [3.63, 3.8) is 0 Å². The number of hydrogen-bond donors (Lipinski definition) is 1. The number of nitrogens with zero attached hydrogens (tertiary/aromatic N) is 2. The van der Waals surface area contributed by atoms with Gasteiger partial charge in [-0.1, -0.05) is 42.3 Å². The normalized spacial score (nSPS) is 12.2. The third-order valence-corrected chi connectivity index (χ3v) is 6.54. The van der Waals surface area contributed by atoms with Gasteiger partial charge in [-0.3, -0.25) is 13.9 Å². The largest absolute Gasteiger partial charge is 0.355 e. The van der Waals surface area contributed by atoms with Crippen LogP contribution in [0.2, 0.25) is 10.0 Å². The van der Waals surface area contributed by atoms with E-state index in [2.05, 4.69) is 5.32 Å². The number of benzene rings is 2. The van der Waals surface area contributed by atoms with Crippen LogP contribution in [0.25, 0.3) is 0 Å². The van der Waals surface area contributed by atoms with Crippen molar-refractivity contribution in [2.24, 2.45) is 0 Å². The van der Waals surface area contributed by atoms with Crippen LogP contribution < -0.4 is 9.62 Å². The third kappa shape index (κ3) is 7.31. The van der Waals surface area contributed by atoms with E-state index in [4.69, 9.17) is 23.2 Å². The van der Waals surface area contributed by atoms with Gasteiger partial charge in [0.25, 0.3) is 0 Å². The van der Waals surface area contributed by atoms with Crippen LogP contribution in [0.3, 0.4) is 0 Å². The summed E-state index contributed by atoms with van der Waals surface area (Å²) in [5.41, 5.74) is 0.631. The Bertz CT molecular complexity index is 1100. The van der Waals surface area contributed by atoms with Gasteiger partial charge in [-0.2, -0.15) is 0 Å². The molecule has 1 N–H and O–H groups in total. The maximum atomic E-state index is 13.4. The van der Waals surface area contributed by atoms with Crippen molar-refractivity contribution >= 4 is 50.7 Å². The van der Waals surface area contributed by atoms with E-state index in [0.29, 0.717) is 12.1 Å². The molecule has 0 unspecified atom stereocenters. The second kappa shape index (κ2) is 11.7. The first-order valence-corrected chi connectivity index (χ1v) is 12.8. The smallest absolute Gasteiger partial charge is 0.244 e. The lowest BCUT2D eigenvalue weighted by molar-refractivity contribution is -0.140. The predicted octanol–water partition coefficient (Wildman–Crippen LogP) is 3.84. The van der Waals surface area contributed by atoms with Crippen molar-refractivity contribution in [1.29, 1.82) is 0 Å². The van der Waals surface area contributed by atoms with Crippen molar-refractivity contribution in [1.82, 2.24) is 10.2 Å². The molecule has 0 fully saturated rings. The Kier molecular flexibility index (Phi) is 9.51.